The second-order valence-electron chi connectivity index (χ2n) is 5.44. The monoisotopic (exact) mass is 262 g/mol. The van der Waals surface area contributed by atoms with E-state index in [0.717, 1.165) is 13.1 Å². The molecule has 0 aromatic heterocycles. The maximum Gasteiger partial charge on any atom is 0.0713 e. The van der Waals surface area contributed by atoms with Gasteiger partial charge in [-0.05, 0) is 49.5 Å². The molecule has 0 radical (unpaired) electrons. The quantitative estimate of drug-likeness (QED) is 0.856. The van der Waals surface area contributed by atoms with Crippen LogP contribution in [0.3, 0.4) is 0 Å². The Morgan fingerprint density at radius 2 is 2.26 bits per heavy atom. The van der Waals surface area contributed by atoms with E-state index in [1.54, 1.807) is 7.11 Å². The maximum absolute atomic E-state index is 5.97. The molecule has 0 amide bonds. The van der Waals surface area contributed by atoms with Gasteiger partial charge >= 0.3 is 0 Å². The van der Waals surface area contributed by atoms with E-state index in [2.05, 4.69) is 36.1 Å². The zero-order valence-corrected chi connectivity index (χ0v) is 12.1. The van der Waals surface area contributed by atoms with Crippen molar-refractivity contribution in [1.29, 1.82) is 0 Å². The molecule has 3 heteroatoms. The Kier molecular flexibility index (Phi) is 5.37. The molecule has 1 fully saturated rings. The van der Waals surface area contributed by atoms with Crippen LogP contribution >= 0.6 is 0 Å². The van der Waals surface area contributed by atoms with Crippen molar-refractivity contribution in [2.75, 3.05) is 26.7 Å². The molecule has 2 rings (SSSR count). The van der Waals surface area contributed by atoms with Gasteiger partial charge in [-0.3, -0.25) is 4.90 Å². The number of hydrogen-bond donors (Lipinski definition) is 1. The highest BCUT2D eigenvalue weighted by molar-refractivity contribution is 5.27. The van der Waals surface area contributed by atoms with Gasteiger partial charge in [0, 0.05) is 13.2 Å². The molecule has 19 heavy (non-hydrogen) atoms. The highest BCUT2D eigenvalue weighted by Gasteiger charge is 2.33. The van der Waals surface area contributed by atoms with Crippen LogP contribution in [0, 0.1) is 5.92 Å². The molecule has 0 saturated carbocycles. The molecule has 0 aliphatic carbocycles. The normalized spacial score (nSPS) is 23.9. The van der Waals surface area contributed by atoms with Crippen LogP contribution < -0.4 is 5.73 Å². The molecule has 2 atom stereocenters. The minimum absolute atomic E-state index is 0.488. The molecule has 2 unspecified atom stereocenters. The zero-order chi connectivity index (χ0) is 13.7. The van der Waals surface area contributed by atoms with Crippen molar-refractivity contribution in [3.05, 3.63) is 35.4 Å². The van der Waals surface area contributed by atoms with Crippen molar-refractivity contribution in [2.45, 2.75) is 32.4 Å². The van der Waals surface area contributed by atoms with Gasteiger partial charge in [0.15, 0.2) is 0 Å². The third-order valence-electron chi connectivity index (χ3n) is 4.04. The van der Waals surface area contributed by atoms with E-state index in [1.165, 1.54) is 30.5 Å². The molecule has 1 aromatic rings. The van der Waals surface area contributed by atoms with E-state index in [0.29, 0.717) is 18.6 Å². The summed E-state index contributed by atoms with van der Waals surface area (Å²) in [7, 11) is 1.74. The topological polar surface area (TPSA) is 38.5 Å². The van der Waals surface area contributed by atoms with Crippen molar-refractivity contribution >= 4 is 0 Å². The van der Waals surface area contributed by atoms with Crippen LogP contribution in [0.25, 0.3) is 0 Å². The first-order valence-corrected chi connectivity index (χ1v) is 7.32. The fourth-order valence-corrected chi connectivity index (χ4v) is 3.23. The fraction of sp³-hybridized carbons (Fsp3) is 0.625. The summed E-state index contributed by atoms with van der Waals surface area (Å²) in [6, 6.07) is 9.27. The Labute approximate surface area is 116 Å². The predicted molar refractivity (Wildman–Crippen MR) is 78.9 cm³/mol. The largest absolute Gasteiger partial charge is 0.380 e. The van der Waals surface area contributed by atoms with Crippen LogP contribution in [0.1, 0.15) is 36.9 Å². The van der Waals surface area contributed by atoms with Gasteiger partial charge in [-0.25, -0.2) is 0 Å². The zero-order valence-electron chi connectivity index (χ0n) is 12.1. The highest BCUT2D eigenvalue weighted by Crippen LogP contribution is 2.36. The van der Waals surface area contributed by atoms with Gasteiger partial charge in [-0.15, -0.1) is 0 Å². The lowest BCUT2D eigenvalue weighted by atomic mass is 9.92. The number of methoxy groups -OCH3 is 1. The standard InChI is InChI=1S/C16H26N2O/c1-3-8-18-9-7-15(11-17)16(18)14-6-4-5-13(10-14)12-19-2/h4-6,10,15-16H,3,7-9,11-12,17H2,1-2H3. The van der Waals surface area contributed by atoms with Crippen molar-refractivity contribution in [1.82, 2.24) is 4.90 Å². The molecular formula is C16H26N2O. The van der Waals surface area contributed by atoms with Gasteiger partial charge in [-0.2, -0.15) is 0 Å². The van der Waals surface area contributed by atoms with Crippen LogP contribution in [0.4, 0.5) is 0 Å². The van der Waals surface area contributed by atoms with E-state index < -0.39 is 0 Å². The smallest absolute Gasteiger partial charge is 0.0713 e. The lowest BCUT2D eigenvalue weighted by Gasteiger charge is -2.28. The molecule has 1 heterocycles. The number of benzene rings is 1. The molecular weight excluding hydrogens is 236 g/mol. The Hall–Kier alpha value is -0.900. The number of hydrogen-bond acceptors (Lipinski definition) is 3. The second-order valence-corrected chi connectivity index (χ2v) is 5.44. The lowest BCUT2D eigenvalue weighted by Crippen LogP contribution is -2.29. The van der Waals surface area contributed by atoms with Crippen LogP contribution in [0.15, 0.2) is 24.3 Å². The minimum Gasteiger partial charge on any atom is -0.380 e. The summed E-state index contributed by atoms with van der Waals surface area (Å²) < 4.78 is 5.23. The molecule has 1 aliphatic rings. The summed E-state index contributed by atoms with van der Waals surface area (Å²) >= 11 is 0. The van der Waals surface area contributed by atoms with Gasteiger partial charge in [0.1, 0.15) is 0 Å². The SMILES string of the molecule is CCCN1CCC(CN)C1c1cccc(COC)c1. The van der Waals surface area contributed by atoms with E-state index in [-0.39, 0.29) is 0 Å². The summed E-state index contributed by atoms with van der Waals surface area (Å²) in [5.41, 5.74) is 8.61. The number of nitrogens with two attached hydrogens (primary N) is 1. The summed E-state index contributed by atoms with van der Waals surface area (Å²) in [5, 5.41) is 0. The summed E-state index contributed by atoms with van der Waals surface area (Å²) in [6.07, 6.45) is 2.42. The molecule has 0 spiro atoms. The van der Waals surface area contributed by atoms with Crippen molar-refractivity contribution in [2.24, 2.45) is 11.7 Å². The molecule has 3 nitrogen and oxygen atoms in total. The molecule has 1 aromatic carbocycles. The van der Waals surface area contributed by atoms with Gasteiger partial charge in [0.05, 0.1) is 6.61 Å². The first kappa shape index (κ1) is 14.5. The van der Waals surface area contributed by atoms with Crippen molar-refractivity contribution < 1.29 is 4.74 Å². The Morgan fingerprint density at radius 3 is 2.95 bits per heavy atom. The molecule has 1 saturated heterocycles. The highest BCUT2D eigenvalue weighted by atomic mass is 16.5. The van der Waals surface area contributed by atoms with E-state index in [1.807, 2.05) is 0 Å². The number of ether oxygens (including phenoxy) is 1. The molecule has 106 valence electrons. The van der Waals surface area contributed by atoms with Gasteiger partial charge in [0.2, 0.25) is 0 Å². The van der Waals surface area contributed by atoms with Crippen LogP contribution in [0.2, 0.25) is 0 Å². The number of nitrogens with zero attached hydrogens (tertiary/aromatic N) is 1. The summed E-state index contributed by atoms with van der Waals surface area (Å²) in [5.74, 6) is 0.587. The second kappa shape index (κ2) is 7.04. The van der Waals surface area contributed by atoms with Crippen LogP contribution in [-0.4, -0.2) is 31.6 Å². The minimum atomic E-state index is 0.488. The molecule has 2 N–H and O–H groups in total. The number of likely N-dealkylation sites (tertiary alicyclic amines) is 1. The molecule has 0 bridgehead atoms. The average Bonchev–Trinajstić information content (AvgIpc) is 2.83. The van der Waals surface area contributed by atoms with Crippen LogP contribution in [0.5, 0.6) is 0 Å². The van der Waals surface area contributed by atoms with Crippen molar-refractivity contribution in [3.63, 3.8) is 0 Å². The van der Waals surface area contributed by atoms with Gasteiger partial charge in [-0.1, -0.05) is 31.2 Å². The Bertz CT molecular complexity index is 394. The summed E-state index contributed by atoms with van der Waals surface area (Å²) in [6.45, 7) is 6.04. The Balaban J connectivity index is 2.22. The van der Waals surface area contributed by atoms with E-state index in [4.69, 9.17) is 10.5 Å². The lowest BCUT2D eigenvalue weighted by molar-refractivity contribution is 0.184. The van der Waals surface area contributed by atoms with Gasteiger partial charge in [0.25, 0.3) is 0 Å². The Morgan fingerprint density at radius 1 is 1.42 bits per heavy atom. The van der Waals surface area contributed by atoms with E-state index in [9.17, 15) is 0 Å². The first-order chi connectivity index (χ1) is 9.30. The van der Waals surface area contributed by atoms with Gasteiger partial charge < -0.3 is 10.5 Å². The summed E-state index contributed by atoms with van der Waals surface area (Å²) in [4.78, 5) is 2.59. The number of rotatable bonds is 6. The first-order valence-electron chi connectivity index (χ1n) is 7.32. The van der Waals surface area contributed by atoms with Crippen LogP contribution in [-0.2, 0) is 11.3 Å². The maximum atomic E-state index is 5.97. The third kappa shape index (κ3) is 3.35. The average molecular weight is 262 g/mol. The molecule has 1 aliphatic heterocycles. The third-order valence-corrected chi connectivity index (χ3v) is 4.04. The van der Waals surface area contributed by atoms with Crippen molar-refractivity contribution in [3.8, 4) is 0 Å². The van der Waals surface area contributed by atoms with E-state index >= 15 is 0 Å². The fourth-order valence-electron chi connectivity index (χ4n) is 3.23. The predicted octanol–water partition coefficient (Wildman–Crippen LogP) is 2.56.